The molecule has 0 radical (unpaired) electrons. The lowest BCUT2D eigenvalue weighted by atomic mass is 9.74. The zero-order valence-corrected chi connectivity index (χ0v) is 10.3. The van der Waals surface area contributed by atoms with Crippen LogP contribution in [-0.2, 0) is 4.79 Å². The van der Waals surface area contributed by atoms with Gasteiger partial charge in [0.15, 0.2) is 0 Å². The van der Waals surface area contributed by atoms with Gasteiger partial charge in [-0.3, -0.25) is 4.79 Å². The van der Waals surface area contributed by atoms with Gasteiger partial charge in [0.1, 0.15) is 0 Å². The van der Waals surface area contributed by atoms with Gasteiger partial charge in [0, 0.05) is 19.7 Å². The lowest BCUT2D eigenvalue weighted by Gasteiger charge is -2.39. The fourth-order valence-corrected chi connectivity index (χ4v) is 2.32. The Labute approximate surface area is 97.3 Å². The molecule has 1 aliphatic rings. The van der Waals surface area contributed by atoms with Gasteiger partial charge in [-0.2, -0.15) is 0 Å². The number of carboxylic acids is 1. The van der Waals surface area contributed by atoms with Crippen molar-refractivity contribution >= 4 is 5.97 Å². The molecule has 1 unspecified atom stereocenters. The molecule has 1 saturated heterocycles. The second-order valence-electron chi connectivity index (χ2n) is 5.24. The summed E-state index contributed by atoms with van der Waals surface area (Å²) in [6.07, 6.45) is 2.84. The van der Waals surface area contributed by atoms with Crippen molar-refractivity contribution in [2.24, 2.45) is 11.3 Å². The predicted octanol–water partition coefficient (Wildman–Crippen LogP) is 1.19. The van der Waals surface area contributed by atoms with E-state index < -0.39 is 11.4 Å². The Morgan fingerprint density at radius 1 is 1.50 bits per heavy atom. The summed E-state index contributed by atoms with van der Waals surface area (Å²) in [4.78, 5) is 13.5. The van der Waals surface area contributed by atoms with Crippen LogP contribution in [0.25, 0.3) is 0 Å². The number of nitrogens with zero attached hydrogens (tertiary/aromatic N) is 1. The number of rotatable bonds is 5. The Morgan fingerprint density at radius 2 is 2.19 bits per heavy atom. The molecule has 4 heteroatoms. The summed E-state index contributed by atoms with van der Waals surface area (Å²) < 4.78 is 0. The molecule has 0 bridgehead atoms. The zero-order chi connectivity index (χ0) is 12.2. The number of aliphatic carboxylic acids is 1. The molecule has 16 heavy (non-hydrogen) atoms. The van der Waals surface area contributed by atoms with Gasteiger partial charge in [-0.05, 0) is 45.6 Å². The molecule has 0 aromatic carbocycles. The minimum absolute atomic E-state index is 0.212. The summed E-state index contributed by atoms with van der Waals surface area (Å²) in [5.74, 6) is -0.487. The van der Waals surface area contributed by atoms with Crippen molar-refractivity contribution in [3.05, 3.63) is 0 Å². The first-order valence-corrected chi connectivity index (χ1v) is 6.05. The topological polar surface area (TPSA) is 60.8 Å². The molecule has 0 aromatic rings. The second kappa shape index (κ2) is 5.64. The van der Waals surface area contributed by atoms with E-state index in [4.69, 9.17) is 5.11 Å². The number of carboxylic acid groups (broad SMARTS) is 1. The molecule has 0 aliphatic carbocycles. The van der Waals surface area contributed by atoms with Crippen LogP contribution in [-0.4, -0.2) is 47.3 Å². The summed E-state index contributed by atoms with van der Waals surface area (Å²) in [6, 6.07) is 0. The minimum Gasteiger partial charge on any atom is -0.481 e. The average Bonchev–Trinajstić information content (AvgIpc) is 2.26. The molecule has 1 heterocycles. The predicted molar refractivity (Wildman–Crippen MR) is 62.3 cm³/mol. The normalized spacial score (nSPS) is 23.3. The Morgan fingerprint density at radius 3 is 2.75 bits per heavy atom. The van der Waals surface area contributed by atoms with Crippen molar-refractivity contribution < 1.29 is 15.0 Å². The molecule has 1 aliphatic heterocycles. The average molecular weight is 229 g/mol. The quantitative estimate of drug-likeness (QED) is 0.743. The van der Waals surface area contributed by atoms with Gasteiger partial charge < -0.3 is 15.1 Å². The highest BCUT2D eigenvalue weighted by Crippen LogP contribution is 2.34. The van der Waals surface area contributed by atoms with E-state index in [-0.39, 0.29) is 12.5 Å². The molecule has 1 rings (SSSR count). The van der Waals surface area contributed by atoms with Crippen LogP contribution in [0.1, 0.15) is 33.1 Å². The van der Waals surface area contributed by atoms with Crippen molar-refractivity contribution in [2.75, 3.05) is 26.2 Å². The second-order valence-corrected chi connectivity index (χ2v) is 5.24. The Hall–Kier alpha value is -0.610. The third kappa shape index (κ3) is 3.19. The summed E-state index contributed by atoms with van der Waals surface area (Å²) >= 11 is 0. The Kier molecular flexibility index (Phi) is 4.74. The lowest BCUT2D eigenvalue weighted by molar-refractivity contribution is -0.151. The van der Waals surface area contributed by atoms with Gasteiger partial charge in [-0.15, -0.1) is 0 Å². The van der Waals surface area contributed by atoms with Gasteiger partial charge in [-0.1, -0.05) is 0 Å². The number of carbonyl (C=O) groups is 1. The van der Waals surface area contributed by atoms with E-state index in [9.17, 15) is 9.90 Å². The highest BCUT2D eigenvalue weighted by Gasteiger charge is 2.38. The highest BCUT2D eigenvalue weighted by atomic mass is 16.4. The van der Waals surface area contributed by atoms with E-state index in [1.54, 1.807) is 0 Å². The number of piperidine rings is 1. The molecular weight excluding hydrogens is 206 g/mol. The van der Waals surface area contributed by atoms with Crippen LogP contribution in [0.15, 0.2) is 0 Å². The lowest BCUT2D eigenvalue weighted by Crippen LogP contribution is -2.45. The zero-order valence-electron chi connectivity index (χ0n) is 10.3. The third-order valence-corrected chi connectivity index (χ3v) is 3.71. The number of aliphatic hydroxyl groups excluding tert-OH is 1. The summed E-state index contributed by atoms with van der Waals surface area (Å²) in [5.41, 5.74) is -0.641. The smallest absolute Gasteiger partial charge is 0.309 e. The van der Waals surface area contributed by atoms with Gasteiger partial charge in [0.25, 0.3) is 0 Å². The van der Waals surface area contributed by atoms with Crippen LogP contribution in [0, 0.1) is 11.3 Å². The fraction of sp³-hybridized carbons (Fsp3) is 0.917. The van der Waals surface area contributed by atoms with E-state index in [1.807, 2.05) is 13.8 Å². The van der Waals surface area contributed by atoms with Crippen LogP contribution < -0.4 is 0 Å². The van der Waals surface area contributed by atoms with Gasteiger partial charge in [0.05, 0.1) is 5.41 Å². The van der Waals surface area contributed by atoms with Crippen LogP contribution in [0.4, 0.5) is 0 Å². The van der Waals surface area contributed by atoms with Crippen LogP contribution in [0.2, 0.25) is 0 Å². The summed E-state index contributed by atoms with van der Waals surface area (Å²) in [7, 11) is 0. The van der Waals surface area contributed by atoms with E-state index in [0.29, 0.717) is 0 Å². The first-order chi connectivity index (χ1) is 7.48. The van der Waals surface area contributed by atoms with E-state index in [2.05, 4.69) is 4.90 Å². The van der Waals surface area contributed by atoms with Gasteiger partial charge in [0.2, 0.25) is 0 Å². The molecule has 0 aromatic heterocycles. The molecule has 1 fully saturated rings. The monoisotopic (exact) mass is 229 g/mol. The van der Waals surface area contributed by atoms with Crippen molar-refractivity contribution in [2.45, 2.75) is 33.1 Å². The largest absolute Gasteiger partial charge is 0.481 e. The molecule has 1 atom stereocenters. The molecule has 4 nitrogen and oxygen atoms in total. The third-order valence-electron chi connectivity index (χ3n) is 3.71. The van der Waals surface area contributed by atoms with Crippen molar-refractivity contribution in [1.82, 2.24) is 4.90 Å². The number of aliphatic hydroxyl groups is 1. The van der Waals surface area contributed by atoms with E-state index in [1.165, 1.54) is 0 Å². The first-order valence-electron chi connectivity index (χ1n) is 6.05. The Balaban J connectivity index is 2.53. The number of hydrogen-bond donors (Lipinski definition) is 2. The molecular formula is C12H23NO3. The van der Waals surface area contributed by atoms with Crippen molar-refractivity contribution in [1.29, 1.82) is 0 Å². The Bertz CT molecular complexity index is 240. The van der Waals surface area contributed by atoms with E-state index in [0.717, 1.165) is 38.9 Å². The summed E-state index contributed by atoms with van der Waals surface area (Å²) in [6.45, 7) is 6.60. The van der Waals surface area contributed by atoms with Crippen LogP contribution in [0.3, 0.4) is 0 Å². The standard InChI is InChI=1S/C12H23NO3/c1-12(2,11(15)16)10-5-3-6-13(9-10)7-4-8-14/h10,14H,3-9H2,1-2H3,(H,15,16). The number of hydrogen-bond acceptors (Lipinski definition) is 3. The van der Waals surface area contributed by atoms with Crippen molar-refractivity contribution in [3.63, 3.8) is 0 Å². The van der Waals surface area contributed by atoms with Crippen LogP contribution in [0.5, 0.6) is 0 Å². The maximum atomic E-state index is 11.2. The van der Waals surface area contributed by atoms with Crippen molar-refractivity contribution in [3.8, 4) is 0 Å². The minimum atomic E-state index is -0.707. The molecule has 2 N–H and O–H groups in total. The SMILES string of the molecule is CC(C)(C(=O)O)C1CCCN(CCCO)C1. The highest BCUT2D eigenvalue weighted by molar-refractivity contribution is 5.74. The molecule has 0 amide bonds. The first kappa shape index (κ1) is 13.5. The van der Waals surface area contributed by atoms with Crippen LogP contribution >= 0.6 is 0 Å². The maximum Gasteiger partial charge on any atom is 0.309 e. The summed E-state index contributed by atoms with van der Waals surface area (Å²) in [5, 5.41) is 18.0. The van der Waals surface area contributed by atoms with E-state index >= 15 is 0 Å². The fourth-order valence-electron chi connectivity index (χ4n) is 2.32. The number of likely N-dealkylation sites (tertiary alicyclic amines) is 1. The molecule has 0 saturated carbocycles. The van der Waals surface area contributed by atoms with Gasteiger partial charge >= 0.3 is 5.97 Å². The van der Waals surface area contributed by atoms with Gasteiger partial charge in [-0.25, -0.2) is 0 Å². The molecule has 0 spiro atoms. The maximum absolute atomic E-state index is 11.2. The molecule has 94 valence electrons.